The lowest BCUT2D eigenvalue weighted by Gasteiger charge is -2.06. The molecule has 110 valence electrons. The molecule has 0 unspecified atom stereocenters. The van der Waals surface area contributed by atoms with Crippen molar-refractivity contribution in [2.45, 2.75) is 0 Å². The van der Waals surface area contributed by atoms with Crippen molar-refractivity contribution < 1.29 is 13.6 Å². The molecule has 0 bridgehead atoms. The normalized spacial score (nSPS) is 10.4. The maximum atomic E-state index is 13.5. The number of para-hydroxylation sites is 1. The number of halogens is 1. The molecule has 0 aliphatic rings. The number of H-pyrrole nitrogens is 1. The molecule has 0 radical (unpaired) electrons. The molecule has 0 aliphatic heterocycles. The summed E-state index contributed by atoms with van der Waals surface area (Å²) in [6, 6.07) is 10.3. The smallest absolute Gasteiger partial charge is 0.346 e. The van der Waals surface area contributed by atoms with Gasteiger partial charge in [0.15, 0.2) is 0 Å². The van der Waals surface area contributed by atoms with E-state index >= 15 is 0 Å². The summed E-state index contributed by atoms with van der Waals surface area (Å²) in [4.78, 5) is 29.7. The average molecular weight is 299 g/mol. The maximum absolute atomic E-state index is 13.5. The maximum Gasteiger partial charge on any atom is 0.346 e. The molecule has 2 aromatic heterocycles. The number of furan rings is 1. The summed E-state index contributed by atoms with van der Waals surface area (Å²) in [5.74, 6) is -0.879. The Balaban J connectivity index is 1.93. The lowest BCUT2D eigenvalue weighted by atomic mass is 10.2. The molecular formula is C15H10FN3O3. The van der Waals surface area contributed by atoms with E-state index < -0.39 is 17.4 Å². The SMILES string of the molecule is O=C(Nc1ccccc1F)c1cc(-c2ccco2)[nH]c(=O)n1. The largest absolute Gasteiger partial charge is 0.463 e. The van der Waals surface area contributed by atoms with Gasteiger partial charge in [0.2, 0.25) is 0 Å². The third-order valence-corrected chi connectivity index (χ3v) is 2.89. The van der Waals surface area contributed by atoms with Crippen molar-refractivity contribution >= 4 is 11.6 Å². The van der Waals surface area contributed by atoms with Crippen LogP contribution in [0.25, 0.3) is 11.5 Å². The van der Waals surface area contributed by atoms with Crippen LogP contribution in [-0.2, 0) is 0 Å². The highest BCUT2D eigenvalue weighted by atomic mass is 19.1. The first-order valence-corrected chi connectivity index (χ1v) is 6.34. The van der Waals surface area contributed by atoms with Gasteiger partial charge in [-0.15, -0.1) is 0 Å². The number of carbonyl (C=O) groups is 1. The predicted molar refractivity (Wildman–Crippen MR) is 76.9 cm³/mol. The first kappa shape index (κ1) is 13.7. The van der Waals surface area contributed by atoms with Crippen LogP contribution < -0.4 is 11.0 Å². The van der Waals surface area contributed by atoms with Crippen molar-refractivity contribution in [1.82, 2.24) is 9.97 Å². The van der Waals surface area contributed by atoms with Gasteiger partial charge in [-0.1, -0.05) is 12.1 Å². The van der Waals surface area contributed by atoms with Gasteiger partial charge in [-0.2, -0.15) is 4.98 Å². The zero-order chi connectivity index (χ0) is 15.5. The Kier molecular flexibility index (Phi) is 3.53. The minimum atomic E-state index is -0.701. The van der Waals surface area contributed by atoms with Crippen molar-refractivity contribution in [2.75, 3.05) is 5.32 Å². The molecule has 1 aromatic carbocycles. The van der Waals surface area contributed by atoms with Crippen molar-refractivity contribution in [1.29, 1.82) is 0 Å². The standard InChI is InChI=1S/C15H10FN3O3/c16-9-4-1-2-5-10(9)17-14(20)12-8-11(18-15(21)19-12)13-6-3-7-22-13/h1-8H,(H,17,20)(H,18,19,21). The van der Waals surface area contributed by atoms with Gasteiger partial charge in [0.05, 0.1) is 17.6 Å². The second kappa shape index (κ2) is 5.65. The fourth-order valence-corrected chi connectivity index (χ4v) is 1.89. The highest BCUT2D eigenvalue weighted by Crippen LogP contribution is 2.17. The lowest BCUT2D eigenvalue weighted by molar-refractivity contribution is 0.102. The van der Waals surface area contributed by atoms with Crippen LogP contribution in [0.15, 0.2) is 57.9 Å². The minimum absolute atomic E-state index is 0.00845. The summed E-state index contributed by atoms with van der Waals surface area (Å²) in [7, 11) is 0. The van der Waals surface area contributed by atoms with Crippen molar-refractivity contribution in [3.8, 4) is 11.5 Å². The summed E-state index contributed by atoms with van der Waals surface area (Å²) in [6.07, 6.45) is 1.44. The fraction of sp³-hybridized carbons (Fsp3) is 0. The molecule has 0 spiro atoms. The number of hydrogen-bond acceptors (Lipinski definition) is 4. The van der Waals surface area contributed by atoms with Crippen molar-refractivity contribution in [3.63, 3.8) is 0 Å². The van der Waals surface area contributed by atoms with Crippen LogP contribution in [0.3, 0.4) is 0 Å². The van der Waals surface area contributed by atoms with E-state index in [0.717, 1.165) is 0 Å². The second-order valence-corrected chi connectivity index (χ2v) is 4.40. The number of carbonyl (C=O) groups excluding carboxylic acids is 1. The molecule has 1 amide bonds. The molecule has 7 heteroatoms. The first-order chi connectivity index (χ1) is 10.6. The monoisotopic (exact) mass is 299 g/mol. The molecule has 22 heavy (non-hydrogen) atoms. The highest BCUT2D eigenvalue weighted by molar-refractivity contribution is 6.03. The van der Waals surface area contributed by atoms with E-state index in [2.05, 4.69) is 15.3 Å². The van der Waals surface area contributed by atoms with Crippen LogP contribution in [0, 0.1) is 5.82 Å². The molecule has 0 saturated heterocycles. The third-order valence-electron chi connectivity index (χ3n) is 2.89. The number of nitrogens with one attached hydrogen (secondary N) is 2. The lowest BCUT2D eigenvalue weighted by Crippen LogP contribution is -2.21. The number of nitrogens with zero attached hydrogens (tertiary/aromatic N) is 1. The van der Waals surface area contributed by atoms with Crippen molar-refractivity contribution in [3.05, 3.63) is 70.7 Å². The summed E-state index contributed by atoms with van der Waals surface area (Å²) in [5.41, 5.74) is -0.524. The van der Waals surface area contributed by atoms with E-state index in [-0.39, 0.29) is 11.4 Å². The van der Waals surface area contributed by atoms with E-state index in [4.69, 9.17) is 4.42 Å². The van der Waals surface area contributed by atoms with Gasteiger partial charge >= 0.3 is 5.69 Å². The summed E-state index contributed by atoms with van der Waals surface area (Å²) in [5, 5.41) is 2.37. The molecule has 0 atom stereocenters. The number of aromatic amines is 1. The van der Waals surface area contributed by atoms with E-state index in [1.165, 1.54) is 30.5 Å². The van der Waals surface area contributed by atoms with Crippen LogP contribution in [0.4, 0.5) is 10.1 Å². The zero-order valence-electron chi connectivity index (χ0n) is 11.2. The molecule has 0 saturated carbocycles. The molecule has 2 heterocycles. The van der Waals surface area contributed by atoms with Crippen LogP contribution in [0.5, 0.6) is 0 Å². The van der Waals surface area contributed by atoms with Gasteiger partial charge in [0.25, 0.3) is 5.91 Å². The summed E-state index contributed by atoms with van der Waals surface area (Å²) >= 11 is 0. The molecule has 0 fully saturated rings. The van der Waals surface area contributed by atoms with Gasteiger partial charge < -0.3 is 14.7 Å². The average Bonchev–Trinajstić information content (AvgIpc) is 3.03. The fourth-order valence-electron chi connectivity index (χ4n) is 1.89. The second-order valence-electron chi connectivity index (χ2n) is 4.40. The van der Waals surface area contributed by atoms with E-state index in [1.54, 1.807) is 18.2 Å². The van der Waals surface area contributed by atoms with Gasteiger partial charge in [-0.25, -0.2) is 9.18 Å². The van der Waals surface area contributed by atoms with Crippen LogP contribution in [0.2, 0.25) is 0 Å². The molecule has 0 aliphatic carbocycles. The molecule has 2 N–H and O–H groups in total. The van der Waals surface area contributed by atoms with Crippen molar-refractivity contribution in [2.24, 2.45) is 0 Å². The minimum Gasteiger partial charge on any atom is -0.463 e. The van der Waals surface area contributed by atoms with E-state index in [1.807, 2.05) is 0 Å². The summed E-state index contributed by atoms with van der Waals surface area (Å²) < 4.78 is 18.7. The van der Waals surface area contributed by atoms with Crippen LogP contribution in [-0.4, -0.2) is 15.9 Å². The van der Waals surface area contributed by atoms with Crippen LogP contribution >= 0.6 is 0 Å². The Morgan fingerprint density at radius 3 is 2.77 bits per heavy atom. The van der Waals surface area contributed by atoms with E-state index in [0.29, 0.717) is 11.5 Å². The predicted octanol–water partition coefficient (Wildman–Crippen LogP) is 2.42. The Morgan fingerprint density at radius 2 is 2.05 bits per heavy atom. The van der Waals surface area contributed by atoms with Gasteiger partial charge in [-0.05, 0) is 30.3 Å². The van der Waals surface area contributed by atoms with Gasteiger partial charge in [-0.3, -0.25) is 4.79 Å². The Labute approximate surface area is 123 Å². The van der Waals surface area contributed by atoms with Gasteiger partial charge in [0.1, 0.15) is 17.3 Å². The number of anilines is 1. The quantitative estimate of drug-likeness (QED) is 0.777. The number of benzene rings is 1. The Hall–Kier alpha value is -3.22. The van der Waals surface area contributed by atoms with Crippen LogP contribution in [0.1, 0.15) is 10.5 Å². The highest BCUT2D eigenvalue weighted by Gasteiger charge is 2.14. The number of amides is 1. The van der Waals surface area contributed by atoms with Gasteiger partial charge in [0, 0.05) is 0 Å². The first-order valence-electron chi connectivity index (χ1n) is 6.34. The number of aromatic nitrogens is 2. The molecule has 3 aromatic rings. The Morgan fingerprint density at radius 1 is 1.23 bits per heavy atom. The summed E-state index contributed by atoms with van der Waals surface area (Å²) in [6.45, 7) is 0. The molecule has 3 rings (SSSR count). The zero-order valence-corrected chi connectivity index (χ0v) is 11.2. The topological polar surface area (TPSA) is 88.0 Å². The van der Waals surface area contributed by atoms with E-state index in [9.17, 15) is 14.0 Å². The third kappa shape index (κ3) is 2.78. The molecular weight excluding hydrogens is 289 g/mol. The number of rotatable bonds is 3. The molecule has 6 nitrogen and oxygen atoms in total. The number of hydrogen-bond donors (Lipinski definition) is 2. The Bertz CT molecular complexity index is 872.